The van der Waals surface area contributed by atoms with Crippen LogP contribution in [0.1, 0.15) is 25.5 Å². The summed E-state index contributed by atoms with van der Waals surface area (Å²) in [5, 5.41) is 3.25. The lowest BCUT2D eigenvalue weighted by molar-refractivity contribution is 0.0532. The Morgan fingerprint density at radius 3 is 2.65 bits per heavy atom. The van der Waals surface area contributed by atoms with Crippen LogP contribution in [0.4, 0.5) is 5.69 Å². The number of hydrogen-bond donors (Lipinski definition) is 1. The summed E-state index contributed by atoms with van der Waals surface area (Å²) in [6, 6.07) is 9.24. The Morgan fingerprint density at radius 2 is 2.06 bits per heavy atom. The van der Waals surface area contributed by atoms with Crippen LogP contribution in [0.3, 0.4) is 0 Å². The van der Waals surface area contributed by atoms with Crippen molar-refractivity contribution in [3.63, 3.8) is 0 Å². The van der Waals surface area contributed by atoms with Gasteiger partial charge in [-0.15, -0.1) is 0 Å². The Balaban J connectivity index is 2.06. The zero-order valence-corrected chi connectivity index (χ0v) is 10.9. The first kappa shape index (κ1) is 12.4. The SMILES string of the molecule is CNC(C)c1ccc(N2CCOC(C)C2)cc1. The van der Waals surface area contributed by atoms with Gasteiger partial charge in [-0.1, -0.05) is 12.1 Å². The molecule has 1 heterocycles. The monoisotopic (exact) mass is 234 g/mol. The van der Waals surface area contributed by atoms with E-state index in [2.05, 4.69) is 48.3 Å². The smallest absolute Gasteiger partial charge is 0.0722 e. The number of benzene rings is 1. The maximum absolute atomic E-state index is 5.56. The van der Waals surface area contributed by atoms with Gasteiger partial charge in [0, 0.05) is 24.8 Å². The minimum Gasteiger partial charge on any atom is -0.375 e. The molecule has 0 aliphatic carbocycles. The van der Waals surface area contributed by atoms with E-state index in [1.807, 2.05) is 7.05 Å². The fraction of sp³-hybridized carbons (Fsp3) is 0.571. The van der Waals surface area contributed by atoms with E-state index in [1.165, 1.54) is 11.3 Å². The van der Waals surface area contributed by atoms with Crippen molar-refractivity contribution in [2.45, 2.75) is 26.0 Å². The van der Waals surface area contributed by atoms with Crippen LogP contribution in [-0.2, 0) is 4.74 Å². The Morgan fingerprint density at radius 1 is 1.35 bits per heavy atom. The normalized spacial score (nSPS) is 22.5. The molecular weight excluding hydrogens is 212 g/mol. The summed E-state index contributed by atoms with van der Waals surface area (Å²) in [6.45, 7) is 7.11. The van der Waals surface area contributed by atoms with Gasteiger partial charge in [0.1, 0.15) is 0 Å². The molecule has 1 N–H and O–H groups in total. The second-order valence-electron chi connectivity index (χ2n) is 4.73. The third-order valence-electron chi connectivity index (χ3n) is 3.43. The van der Waals surface area contributed by atoms with Crippen molar-refractivity contribution in [3.05, 3.63) is 29.8 Å². The predicted molar refractivity (Wildman–Crippen MR) is 71.5 cm³/mol. The molecule has 3 nitrogen and oxygen atoms in total. The molecule has 3 heteroatoms. The van der Waals surface area contributed by atoms with Gasteiger partial charge in [-0.05, 0) is 38.6 Å². The molecule has 2 atom stereocenters. The summed E-state index contributed by atoms with van der Waals surface area (Å²) in [4.78, 5) is 2.39. The van der Waals surface area contributed by atoms with Gasteiger partial charge < -0.3 is 15.0 Å². The van der Waals surface area contributed by atoms with Crippen LogP contribution in [-0.4, -0.2) is 32.8 Å². The highest BCUT2D eigenvalue weighted by Gasteiger charge is 2.16. The average molecular weight is 234 g/mol. The fourth-order valence-corrected chi connectivity index (χ4v) is 2.19. The van der Waals surface area contributed by atoms with Crippen LogP contribution >= 0.6 is 0 Å². The van der Waals surface area contributed by atoms with Crippen molar-refractivity contribution in [1.29, 1.82) is 0 Å². The van der Waals surface area contributed by atoms with E-state index in [-0.39, 0.29) is 0 Å². The lowest BCUT2D eigenvalue weighted by atomic mass is 10.1. The van der Waals surface area contributed by atoms with Crippen LogP contribution < -0.4 is 10.2 Å². The van der Waals surface area contributed by atoms with Gasteiger partial charge in [-0.3, -0.25) is 0 Å². The summed E-state index contributed by atoms with van der Waals surface area (Å²) >= 11 is 0. The largest absolute Gasteiger partial charge is 0.375 e. The number of nitrogens with one attached hydrogen (secondary N) is 1. The van der Waals surface area contributed by atoms with E-state index in [0.717, 1.165) is 19.7 Å². The molecule has 0 bridgehead atoms. The number of morpholine rings is 1. The molecule has 1 aliphatic heterocycles. The van der Waals surface area contributed by atoms with E-state index < -0.39 is 0 Å². The number of nitrogens with zero attached hydrogens (tertiary/aromatic N) is 1. The third-order valence-corrected chi connectivity index (χ3v) is 3.43. The minimum atomic E-state index is 0.333. The number of ether oxygens (including phenoxy) is 1. The van der Waals surface area contributed by atoms with Crippen LogP contribution in [0, 0.1) is 0 Å². The van der Waals surface area contributed by atoms with E-state index in [1.54, 1.807) is 0 Å². The Labute approximate surface area is 104 Å². The first-order chi connectivity index (χ1) is 8.20. The Kier molecular flexibility index (Phi) is 4.02. The summed E-state index contributed by atoms with van der Waals surface area (Å²) in [6.07, 6.45) is 0.333. The average Bonchev–Trinajstić information content (AvgIpc) is 2.38. The van der Waals surface area contributed by atoms with Crippen LogP contribution in [0.15, 0.2) is 24.3 Å². The van der Waals surface area contributed by atoms with E-state index in [4.69, 9.17) is 4.74 Å². The Hall–Kier alpha value is -1.06. The van der Waals surface area contributed by atoms with Gasteiger partial charge in [-0.2, -0.15) is 0 Å². The van der Waals surface area contributed by atoms with Gasteiger partial charge >= 0.3 is 0 Å². The molecule has 1 aliphatic rings. The van der Waals surface area contributed by atoms with Crippen LogP contribution in [0.2, 0.25) is 0 Å². The van der Waals surface area contributed by atoms with Gasteiger partial charge in [-0.25, -0.2) is 0 Å². The first-order valence-electron chi connectivity index (χ1n) is 6.34. The van der Waals surface area contributed by atoms with Gasteiger partial charge in [0.15, 0.2) is 0 Å². The molecule has 0 amide bonds. The maximum atomic E-state index is 5.56. The first-order valence-corrected chi connectivity index (χ1v) is 6.34. The summed E-state index contributed by atoms with van der Waals surface area (Å²) in [5.74, 6) is 0. The van der Waals surface area contributed by atoms with Gasteiger partial charge in [0.25, 0.3) is 0 Å². The summed E-state index contributed by atoms with van der Waals surface area (Å²) in [7, 11) is 1.99. The second kappa shape index (κ2) is 5.52. The molecule has 0 spiro atoms. The van der Waals surface area contributed by atoms with Crippen LogP contribution in [0.25, 0.3) is 0 Å². The molecule has 17 heavy (non-hydrogen) atoms. The molecule has 0 aromatic heterocycles. The Bertz CT molecular complexity index is 350. The molecule has 2 unspecified atom stereocenters. The molecule has 1 aromatic rings. The highest BCUT2D eigenvalue weighted by molar-refractivity contribution is 5.48. The zero-order chi connectivity index (χ0) is 12.3. The molecule has 1 aromatic carbocycles. The fourth-order valence-electron chi connectivity index (χ4n) is 2.19. The molecule has 2 rings (SSSR count). The number of hydrogen-bond acceptors (Lipinski definition) is 3. The molecule has 0 saturated carbocycles. The number of rotatable bonds is 3. The van der Waals surface area contributed by atoms with E-state index in [0.29, 0.717) is 12.1 Å². The standard InChI is InChI=1S/C14H22N2O/c1-11-10-16(8-9-17-11)14-6-4-13(5-7-14)12(2)15-3/h4-7,11-12,15H,8-10H2,1-3H3. The topological polar surface area (TPSA) is 24.5 Å². The number of anilines is 1. The quantitative estimate of drug-likeness (QED) is 0.867. The lowest BCUT2D eigenvalue weighted by Gasteiger charge is -2.33. The molecule has 94 valence electrons. The molecule has 1 fully saturated rings. The predicted octanol–water partition coefficient (Wildman–Crippen LogP) is 2.19. The van der Waals surface area contributed by atoms with Crippen molar-refractivity contribution in [3.8, 4) is 0 Å². The summed E-state index contributed by atoms with van der Waals surface area (Å²) in [5.41, 5.74) is 2.63. The van der Waals surface area contributed by atoms with Gasteiger partial charge in [0.2, 0.25) is 0 Å². The second-order valence-corrected chi connectivity index (χ2v) is 4.73. The lowest BCUT2D eigenvalue weighted by Crippen LogP contribution is -2.41. The van der Waals surface area contributed by atoms with Crippen molar-refractivity contribution < 1.29 is 4.74 Å². The summed E-state index contributed by atoms with van der Waals surface area (Å²) < 4.78 is 5.56. The van der Waals surface area contributed by atoms with Crippen molar-refractivity contribution >= 4 is 5.69 Å². The van der Waals surface area contributed by atoms with Crippen molar-refractivity contribution in [2.75, 3.05) is 31.6 Å². The zero-order valence-electron chi connectivity index (χ0n) is 10.9. The van der Waals surface area contributed by atoms with E-state index in [9.17, 15) is 0 Å². The van der Waals surface area contributed by atoms with Crippen LogP contribution in [0.5, 0.6) is 0 Å². The molecule has 0 radical (unpaired) electrons. The van der Waals surface area contributed by atoms with Gasteiger partial charge in [0.05, 0.1) is 12.7 Å². The molecular formula is C14H22N2O. The minimum absolute atomic E-state index is 0.333. The van der Waals surface area contributed by atoms with Crippen molar-refractivity contribution in [1.82, 2.24) is 5.32 Å². The van der Waals surface area contributed by atoms with E-state index >= 15 is 0 Å². The highest BCUT2D eigenvalue weighted by Crippen LogP contribution is 2.20. The van der Waals surface area contributed by atoms with Crippen molar-refractivity contribution in [2.24, 2.45) is 0 Å². The maximum Gasteiger partial charge on any atom is 0.0722 e. The highest BCUT2D eigenvalue weighted by atomic mass is 16.5. The third kappa shape index (κ3) is 2.99. The molecule has 1 saturated heterocycles.